The van der Waals surface area contributed by atoms with E-state index in [4.69, 9.17) is 0 Å². The van der Waals surface area contributed by atoms with Crippen LogP contribution in [0.15, 0.2) is 60.7 Å². The Morgan fingerprint density at radius 3 is 1.48 bits per heavy atom. The smallest absolute Gasteiger partial charge is 0.0707 e. The first-order chi connectivity index (χ1) is 10.9. The summed E-state index contributed by atoms with van der Waals surface area (Å²) in [7, 11) is 2.19. The van der Waals surface area contributed by atoms with Crippen molar-refractivity contribution in [2.45, 2.75) is 38.5 Å². The number of piperidine rings is 1. The number of hydrogen-bond acceptors (Lipinski definition) is 2. The Labute approximate surface area is 139 Å². The van der Waals surface area contributed by atoms with Crippen LogP contribution in [0.4, 0.5) is 0 Å². The van der Waals surface area contributed by atoms with Crippen molar-refractivity contribution in [3.63, 3.8) is 0 Å². The predicted molar refractivity (Wildman–Crippen MR) is 95.1 cm³/mol. The summed E-state index contributed by atoms with van der Waals surface area (Å²) in [5, 5.41) is 11.3. The van der Waals surface area contributed by atoms with Gasteiger partial charge in [0.05, 0.1) is 5.60 Å². The van der Waals surface area contributed by atoms with Gasteiger partial charge in [0.15, 0.2) is 0 Å². The first-order valence-corrected chi connectivity index (χ1v) is 8.48. The van der Waals surface area contributed by atoms with Crippen molar-refractivity contribution in [2.75, 3.05) is 7.05 Å². The monoisotopic (exact) mass is 309 g/mol. The van der Waals surface area contributed by atoms with Crippen molar-refractivity contribution in [3.05, 3.63) is 71.8 Å². The van der Waals surface area contributed by atoms with Gasteiger partial charge in [0.25, 0.3) is 0 Å². The molecule has 2 nitrogen and oxygen atoms in total. The molecule has 1 unspecified atom stereocenters. The van der Waals surface area contributed by atoms with Gasteiger partial charge in [-0.05, 0) is 25.1 Å². The molecule has 2 aromatic carbocycles. The molecule has 0 spiro atoms. The van der Waals surface area contributed by atoms with Crippen LogP contribution >= 0.6 is 0 Å². The maximum absolute atomic E-state index is 11.3. The number of hydrogen-bond donors (Lipinski definition) is 1. The van der Waals surface area contributed by atoms with Crippen LogP contribution < -0.4 is 0 Å². The molecule has 1 aliphatic rings. The summed E-state index contributed by atoms with van der Waals surface area (Å²) in [4.78, 5) is 2.44. The van der Waals surface area contributed by atoms with E-state index < -0.39 is 5.60 Å². The molecule has 1 fully saturated rings. The highest BCUT2D eigenvalue weighted by atomic mass is 16.3. The van der Waals surface area contributed by atoms with Gasteiger partial charge >= 0.3 is 0 Å². The molecule has 23 heavy (non-hydrogen) atoms. The van der Waals surface area contributed by atoms with Crippen LogP contribution in [0.2, 0.25) is 0 Å². The zero-order valence-corrected chi connectivity index (χ0v) is 14.5. The summed E-state index contributed by atoms with van der Waals surface area (Å²) in [6.45, 7) is 6.35. The second-order valence-corrected chi connectivity index (χ2v) is 7.18. The van der Waals surface area contributed by atoms with E-state index in [-0.39, 0.29) is 23.9 Å². The molecule has 1 saturated heterocycles. The number of benzene rings is 2. The number of likely N-dealkylation sites (tertiary alicyclic amines) is 1. The topological polar surface area (TPSA) is 23.5 Å². The summed E-state index contributed by atoms with van der Waals surface area (Å²) < 4.78 is 0. The zero-order valence-electron chi connectivity index (χ0n) is 14.5. The Hall–Kier alpha value is -1.64. The van der Waals surface area contributed by atoms with Gasteiger partial charge in [0.2, 0.25) is 0 Å². The summed E-state index contributed by atoms with van der Waals surface area (Å²) in [5.74, 6) is 0.315. The van der Waals surface area contributed by atoms with Gasteiger partial charge in [-0.2, -0.15) is 0 Å². The molecule has 1 N–H and O–H groups in total. The van der Waals surface area contributed by atoms with Crippen molar-refractivity contribution < 1.29 is 5.11 Å². The van der Waals surface area contributed by atoms with Crippen molar-refractivity contribution in [1.29, 1.82) is 0 Å². The van der Waals surface area contributed by atoms with E-state index in [0.29, 0.717) is 0 Å². The highest BCUT2D eigenvalue weighted by molar-refractivity contribution is 5.27. The lowest BCUT2D eigenvalue weighted by Crippen LogP contribution is -2.56. The molecule has 0 amide bonds. The van der Waals surface area contributed by atoms with E-state index >= 15 is 0 Å². The quantitative estimate of drug-likeness (QED) is 0.886. The lowest BCUT2D eigenvalue weighted by molar-refractivity contribution is -0.143. The molecule has 3 rings (SSSR count). The Morgan fingerprint density at radius 2 is 1.13 bits per heavy atom. The molecule has 122 valence electrons. The van der Waals surface area contributed by atoms with Crippen LogP contribution in [0, 0.1) is 11.8 Å². The standard InChI is InChI=1S/C21H27NO/c1-15-19(17-11-7-5-8-12-17)22(4)20(16(2)21(15,3)23)18-13-9-6-10-14-18/h5-16,19-20,23H,1-4H3/t15-,16-,19-,20+,21?/m1/s1. The van der Waals surface area contributed by atoms with Gasteiger partial charge in [-0.1, -0.05) is 74.5 Å². The highest BCUT2D eigenvalue weighted by Gasteiger charge is 2.51. The Kier molecular flexibility index (Phi) is 4.31. The Balaban J connectivity index is 2.07. The first kappa shape index (κ1) is 16.2. The van der Waals surface area contributed by atoms with Crippen LogP contribution in [-0.4, -0.2) is 22.7 Å². The summed E-state index contributed by atoms with van der Waals surface area (Å²) in [6, 6.07) is 21.5. The first-order valence-electron chi connectivity index (χ1n) is 8.48. The summed E-state index contributed by atoms with van der Waals surface area (Å²) in [5.41, 5.74) is 1.83. The molecule has 0 saturated carbocycles. The fourth-order valence-corrected chi connectivity index (χ4v) is 4.28. The van der Waals surface area contributed by atoms with Gasteiger partial charge < -0.3 is 5.11 Å². The SMILES string of the molecule is C[C@@H]1[C@@H](c2ccccc2)N(C)[C@@H](c2ccccc2)[C@@H](C)C1(C)O. The van der Waals surface area contributed by atoms with Gasteiger partial charge in [-0.25, -0.2) is 0 Å². The minimum absolute atomic E-state index is 0.157. The average molecular weight is 309 g/mol. The van der Waals surface area contributed by atoms with Crippen molar-refractivity contribution in [2.24, 2.45) is 11.8 Å². The van der Waals surface area contributed by atoms with Crippen LogP contribution in [-0.2, 0) is 0 Å². The number of rotatable bonds is 2. The summed E-state index contributed by atoms with van der Waals surface area (Å²) in [6.07, 6.45) is 0. The van der Waals surface area contributed by atoms with Gasteiger partial charge in [-0.15, -0.1) is 0 Å². The molecule has 1 heterocycles. The molecular formula is C21H27NO. The largest absolute Gasteiger partial charge is 0.389 e. The molecule has 2 aromatic rings. The minimum Gasteiger partial charge on any atom is -0.389 e. The van der Waals surface area contributed by atoms with Crippen LogP contribution in [0.25, 0.3) is 0 Å². The van der Waals surface area contributed by atoms with E-state index in [0.717, 1.165) is 0 Å². The van der Waals surface area contributed by atoms with Crippen molar-refractivity contribution in [3.8, 4) is 0 Å². The van der Waals surface area contributed by atoms with E-state index in [1.54, 1.807) is 0 Å². The summed E-state index contributed by atoms with van der Waals surface area (Å²) >= 11 is 0. The predicted octanol–water partition coefficient (Wildman–Crippen LogP) is 4.44. The maximum atomic E-state index is 11.3. The van der Waals surface area contributed by atoms with Crippen molar-refractivity contribution >= 4 is 0 Å². The lowest BCUT2D eigenvalue weighted by Gasteiger charge is -2.55. The van der Waals surface area contributed by atoms with E-state index in [1.165, 1.54) is 11.1 Å². The molecular weight excluding hydrogens is 282 g/mol. The van der Waals surface area contributed by atoms with Gasteiger partial charge in [0, 0.05) is 23.9 Å². The number of nitrogens with zero attached hydrogens (tertiary/aromatic N) is 1. The zero-order chi connectivity index (χ0) is 16.6. The minimum atomic E-state index is -0.715. The Morgan fingerprint density at radius 1 is 0.783 bits per heavy atom. The van der Waals surface area contributed by atoms with Crippen molar-refractivity contribution in [1.82, 2.24) is 4.90 Å². The third-order valence-electron chi connectivity index (χ3n) is 5.95. The molecule has 0 aromatic heterocycles. The molecule has 0 aliphatic carbocycles. The third-order valence-corrected chi connectivity index (χ3v) is 5.95. The average Bonchev–Trinajstić information content (AvgIpc) is 2.56. The number of aliphatic hydroxyl groups is 1. The van der Waals surface area contributed by atoms with Crippen LogP contribution in [0.1, 0.15) is 44.0 Å². The third kappa shape index (κ3) is 2.71. The normalized spacial score (nSPS) is 35.2. The maximum Gasteiger partial charge on any atom is 0.0707 e. The fraction of sp³-hybridized carbons (Fsp3) is 0.429. The molecule has 2 heteroatoms. The van der Waals surface area contributed by atoms with E-state index in [9.17, 15) is 5.11 Å². The lowest BCUT2D eigenvalue weighted by atomic mass is 9.66. The molecule has 5 atom stereocenters. The van der Waals surface area contributed by atoms with Crippen LogP contribution in [0.5, 0.6) is 0 Å². The van der Waals surface area contributed by atoms with Crippen LogP contribution in [0.3, 0.4) is 0 Å². The molecule has 1 aliphatic heterocycles. The highest BCUT2D eigenvalue weighted by Crippen LogP contribution is 2.51. The second-order valence-electron chi connectivity index (χ2n) is 7.18. The van der Waals surface area contributed by atoms with E-state index in [2.05, 4.69) is 74.3 Å². The second kappa shape index (κ2) is 6.10. The van der Waals surface area contributed by atoms with Gasteiger partial charge in [0.1, 0.15) is 0 Å². The molecule has 0 radical (unpaired) electrons. The Bertz CT molecular complexity index is 582. The molecule has 0 bridgehead atoms. The fourth-order valence-electron chi connectivity index (χ4n) is 4.28. The van der Waals surface area contributed by atoms with E-state index in [1.807, 2.05) is 19.1 Å². The van der Waals surface area contributed by atoms with Gasteiger partial charge in [-0.3, -0.25) is 4.90 Å².